The molecule has 0 heterocycles. The van der Waals surface area contributed by atoms with Gasteiger partial charge in [0.05, 0.1) is 5.56 Å². The lowest BCUT2D eigenvalue weighted by atomic mass is 10.2. The fraction of sp³-hybridized carbons (Fsp3) is 0. The van der Waals surface area contributed by atoms with E-state index in [1.165, 1.54) is 24.3 Å². The summed E-state index contributed by atoms with van der Waals surface area (Å²) in [7, 11) is 0. The summed E-state index contributed by atoms with van der Waals surface area (Å²) in [4.78, 5) is 0. The Morgan fingerprint density at radius 2 is 1.88 bits per heavy atom. The minimum atomic E-state index is -0.480. The lowest BCUT2D eigenvalue weighted by molar-refractivity contribution is 0.441. The summed E-state index contributed by atoms with van der Waals surface area (Å²) in [6.45, 7) is 0. The molecule has 0 atom stereocenters. The normalized spacial score (nSPS) is 9.71. The topological polar surface area (TPSA) is 33.0 Å². The number of para-hydroxylation sites is 1. The van der Waals surface area contributed by atoms with Crippen LogP contribution in [-0.4, -0.2) is 0 Å². The highest BCUT2D eigenvalue weighted by molar-refractivity contribution is 6.30. The van der Waals surface area contributed by atoms with Crippen LogP contribution in [0.15, 0.2) is 42.5 Å². The molecular formula is C13H7ClFNO. The zero-order valence-corrected chi connectivity index (χ0v) is 9.41. The van der Waals surface area contributed by atoms with Crippen molar-refractivity contribution in [3.63, 3.8) is 0 Å². The number of rotatable bonds is 2. The molecule has 0 spiro atoms. The Morgan fingerprint density at radius 3 is 2.59 bits per heavy atom. The van der Waals surface area contributed by atoms with Crippen molar-refractivity contribution in [1.29, 1.82) is 5.26 Å². The van der Waals surface area contributed by atoms with Crippen LogP contribution in [0.5, 0.6) is 11.5 Å². The quantitative estimate of drug-likeness (QED) is 0.799. The molecular weight excluding hydrogens is 241 g/mol. The Hall–Kier alpha value is -2.05. The van der Waals surface area contributed by atoms with Gasteiger partial charge in [-0.25, -0.2) is 4.39 Å². The van der Waals surface area contributed by atoms with Gasteiger partial charge in [-0.1, -0.05) is 23.7 Å². The Kier molecular flexibility index (Phi) is 3.27. The maximum Gasteiger partial charge on any atom is 0.165 e. The van der Waals surface area contributed by atoms with Crippen molar-refractivity contribution < 1.29 is 9.13 Å². The standard InChI is InChI=1S/C13H7ClFNO/c14-10-5-6-12(9(7-10)8-16)17-13-4-2-1-3-11(13)15/h1-7H. The third-order valence-electron chi connectivity index (χ3n) is 2.12. The average Bonchev–Trinajstić information content (AvgIpc) is 2.34. The van der Waals surface area contributed by atoms with E-state index in [4.69, 9.17) is 21.6 Å². The number of hydrogen-bond donors (Lipinski definition) is 0. The highest BCUT2D eigenvalue weighted by atomic mass is 35.5. The van der Waals surface area contributed by atoms with E-state index in [1.807, 2.05) is 6.07 Å². The molecule has 84 valence electrons. The third-order valence-corrected chi connectivity index (χ3v) is 2.35. The zero-order valence-electron chi connectivity index (χ0n) is 8.65. The number of benzene rings is 2. The van der Waals surface area contributed by atoms with Crippen LogP contribution in [0.1, 0.15) is 5.56 Å². The molecule has 0 aromatic heterocycles. The fourth-order valence-electron chi connectivity index (χ4n) is 1.32. The van der Waals surface area contributed by atoms with E-state index in [1.54, 1.807) is 18.2 Å². The van der Waals surface area contributed by atoms with Gasteiger partial charge in [-0.15, -0.1) is 0 Å². The Bertz CT molecular complexity index is 592. The van der Waals surface area contributed by atoms with Crippen molar-refractivity contribution in [3.05, 3.63) is 58.9 Å². The van der Waals surface area contributed by atoms with Gasteiger partial charge in [-0.05, 0) is 30.3 Å². The van der Waals surface area contributed by atoms with Gasteiger partial charge in [0.15, 0.2) is 11.6 Å². The predicted molar refractivity (Wildman–Crippen MR) is 62.6 cm³/mol. The molecule has 2 nitrogen and oxygen atoms in total. The lowest BCUT2D eigenvalue weighted by Crippen LogP contribution is -1.90. The van der Waals surface area contributed by atoms with Crippen LogP contribution in [0.25, 0.3) is 0 Å². The van der Waals surface area contributed by atoms with Gasteiger partial charge in [0, 0.05) is 5.02 Å². The molecule has 2 aromatic carbocycles. The highest BCUT2D eigenvalue weighted by Crippen LogP contribution is 2.28. The second-order valence-electron chi connectivity index (χ2n) is 3.28. The molecule has 0 saturated heterocycles. The van der Waals surface area contributed by atoms with Gasteiger partial charge < -0.3 is 4.74 Å². The van der Waals surface area contributed by atoms with Gasteiger partial charge in [0.1, 0.15) is 11.8 Å². The van der Waals surface area contributed by atoms with Gasteiger partial charge in [0.2, 0.25) is 0 Å². The smallest absolute Gasteiger partial charge is 0.165 e. The van der Waals surface area contributed by atoms with Crippen molar-refractivity contribution in [2.45, 2.75) is 0 Å². The first kappa shape index (κ1) is 11.4. The second kappa shape index (κ2) is 4.86. The van der Waals surface area contributed by atoms with Gasteiger partial charge in [0.25, 0.3) is 0 Å². The minimum Gasteiger partial charge on any atom is -0.453 e. The molecule has 0 aliphatic rings. The first-order valence-corrected chi connectivity index (χ1v) is 5.20. The molecule has 4 heteroatoms. The van der Waals surface area contributed by atoms with Crippen LogP contribution >= 0.6 is 11.6 Å². The number of halogens is 2. The minimum absolute atomic E-state index is 0.0753. The van der Waals surface area contributed by atoms with Gasteiger partial charge in [-0.2, -0.15) is 5.26 Å². The van der Waals surface area contributed by atoms with Gasteiger partial charge >= 0.3 is 0 Å². The third kappa shape index (κ3) is 2.55. The maximum absolute atomic E-state index is 13.4. The molecule has 0 aliphatic heterocycles. The van der Waals surface area contributed by atoms with Crippen molar-refractivity contribution >= 4 is 11.6 Å². The number of hydrogen-bond acceptors (Lipinski definition) is 2. The first-order chi connectivity index (χ1) is 8.20. The summed E-state index contributed by atoms with van der Waals surface area (Å²) in [6, 6.07) is 12.5. The zero-order chi connectivity index (χ0) is 12.3. The van der Waals surface area contributed by atoms with E-state index in [0.29, 0.717) is 5.02 Å². The second-order valence-corrected chi connectivity index (χ2v) is 3.72. The molecule has 0 N–H and O–H groups in total. The van der Waals surface area contributed by atoms with E-state index in [9.17, 15) is 4.39 Å². The molecule has 0 saturated carbocycles. The van der Waals surface area contributed by atoms with Gasteiger partial charge in [-0.3, -0.25) is 0 Å². The van der Waals surface area contributed by atoms with Crippen LogP contribution in [0, 0.1) is 17.1 Å². The number of nitrogens with zero attached hydrogens (tertiary/aromatic N) is 1. The van der Waals surface area contributed by atoms with E-state index < -0.39 is 5.82 Å². The van der Waals surface area contributed by atoms with Crippen molar-refractivity contribution in [1.82, 2.24) is 0 Å². The van der Waals surface area contributed by atoms with E-state index in [-0.39, 0.29) is 17.1 Å². The maximum atomic E-state index is 13.4. The molecule has 2 rings (SSSR count). The Labute approximate surface area is 103 Å². The number of nitriles is 1. The summed E-state index contributed by atoms with van der Waals surface area (Å²) in [5.74, 6) is -0.125. The van der Waals surface area contributed by atoms with Crippen LogP contribution in [0.4, 0.5) is 4.39 Å². The SMILES string of the molecule is N#Cc1cc(Cl)ccc1Oc1ccccc1F. The number of ether oxygens (including phenoxy) is 1. The van der Waals surface area contributed by atoms with E-state index >= 15 is 0 Å². The lowest BCUT2D eigenvalue weighted by Gasteiger charge is -2.08. The van der Waals surface area contributed by atoms with Crippen LogP contribution in [-0.2, 0) is 0 Å². The van der Waals surface area contributed by atoms with E-state index in [2.05, 4.69) is 0 Å². The molecule has 0 radical (unpaired) electrons. The summed E-state index contributed by atoms with van der Waals surface area (Å²) in [6.07, 6.45) is 0. The van der Waals surface area contributed by atoms with Crippen molar-refractivity contribution in [2.24, 2.45) is 0 Å². The Balaban J connectivity index is 2.37. The molecule has 0 bridgehead atoms. The summed E-state index contributed by atoms with van der Waals surface area (Å²) < 4.78 is 18.7. The average molecular weight is 248 g/mol. The van der Waals surface area contributed by atoms with Crippen molar-refractivity contribution in [3.8, 4) is 17.6 Å². The summed E-state index contributed by atoms with van der Waals surface area (Å²) in [5, 5.41) is 9.34. The molecule has 0 unspecified atom stereocenters. The highest BCUT2D eigenvalue weighted by Gasteiger charge is 2.08. The Morgan fingerprint density at radius 1 is 1.12 bits per heavy atom. The largest absolute Gasteiger partial charge is 0.453 e. The van der Waals surface area contributed by atoms with Crippen LogP contribution in [0.2, 0.25) is 5.02 Å². The molecule has 0 fully saturated rings. The first-order valence-electron chi connectivity index (χ1n) is 4.83. The summed E-state index contributed by atoms with van der Waals surface area (Å²) in [5.41, 5.74) is 0.265. The van der Waals surface area contributed by atoms with E-state index in [0.717, 1.165) is 0 Å². The van der Waals surface area contributed by atoms with Crippen LogP contribution < -0.4 is 4.74 Å². The molecule has 17 heavy (non-hydrogen) atoms. The molecule has 0 aliphatic carbocycles. The van der Waals surface area contributed by atoms with Crippen molar-refractivity contribution in [2.75, 3.05) is 0 Å². The molecule has 0 amide bonds. The summed E-state index contributed by atoms with van der Waals surface area (Å²) >= 11 is 5.75. The fourth-order valence-corrected chi connectivity index (χ4v) is 1.50. The monoisotopic (exact) mass is 247 g/mol. The molecule has 2 aromatic rings. The van der Waals surface area contributed by atoms with Crippen LogP contribution in [0.3, 0.4) is 0 Å². The predicted octanol–water partition coefficient (Wildman–Crippen LogP) is 4.14.